The second kappa shape index (κ2) is 6.47. The van der Waals surface area contributed by atoms with Gasteiger partial charge >= 0.3 is 0 Å². The molecule has 2 aromatic rings. The topological polar surface area (TPSA) is 49.3 Å². The Kier molecular flexibility index (Phi) is 4.27. The molecule has 5 heteroatoms. The third-order valence-corrected chi connectivity index (χ3v) is 5.87. The molecule has 4 rings (SSSR count). The van der Waals surface area contributed by atoms with Crippen molar-refractivity contribution < 1.29 is 4.79 Å². The molecule has 3 atom stereocenters. The van der Waals surface area contributed by atoms with E-state index in [4.69, 9.17) is 0 Å². The van der Waals surface area contributed by atoms with Crippen LogP contribution in [0, 0.1) is 32.6 Å². The van der Waals surface area contributed by atoms with Gasteiger partial charge in [0, 0.05) is 37.3 Å². The number of amides is 1. The van der Waals surface area contributed by atoms with Gasteiger partial charge in [-0.3, -0.25) is 9.69 Å². The largest absolute Gasteiger partial charge is 0.337 e. The van der Waals surface area contributed by atoms with E-state index in [2.05, 4.69) is 53.1 Å². The number of carbonyl (C=O) groups excluding carboxylic acids is 1. The zero-order valence-electron chi connectivity index (χ0n) is 15.9. The zero-order valence-corrected chi connectivity index (χ0v) is 15.9. The monoisotopic (exact) mass is 350 g/mol. The predicted octanol–water partition coefficient (Wildman–Crippen LogP) is 2.78. The van der Waals surface area contributed by atoms with E-state index in [1.165, 1.54) is 11.1 Å². The Morgan fingerprint density at radius 3 is 2.58 bits per heavy atom. The second-order valence-electron chi connectivity index (χ2n) is 7.82. The van der Waals surface area contributed by atoms with Gasteiger partial charge in [-0.25, -0.2) is 9.97 Å². The summed E-state index contributed by atoms with van der Waals surface area (Å²) in [5.74, 6) is 1.70. The van der Waals surface area contributed by atoms with Crippen molar-refractivity contribution in [2.45, 2.75) is 26.8 Å². The Labute approximate surface area is 155 Å². The van der Waals surface area contributed by atoms with Gasteiger partial charge in [0.15, 0.2) is 0 Å². The third-order valence-electron chi connectivity index (χ3n) is 5.87. The van der Waals surface area contributed by atoms with Crippen molar-refractivity contribution >= 4 is 5.91 Å². The SMILES string of the molecule is Cc1cc(C(=O)N2C[C@@H]3CN(C)[C@@H](c4ccccc4C)[C@@H]3C2)nc(C)n1. The minimum Gasteiger partial charge on any atom is -0.337 e. The standard InChI is InChI=1S/C21H26N4O/c1-13-7-5-6-8-17(13)20-18-12-25(11-16(18)10-24(20)4)21(26)19-9-14(2)22-15(3)23-19/h5-9,16,18,20H,10-12H2,1-4H3/t16-,18+,20-/m0/s1. The van der Waals surface area contributed by atoms with E-state index in [0.29, 0.717) is 29.4 Å². The van der Waals surface area contributed by atoms with Crippen LogP contribution in [0.4, 0.5) is 0 Å². The Balaban J connectivity index is 1.58. The molecule has 1 aromatic heterocycles. The first-order chi connectivity index (χ1) is 12.4. The molecule has 0 spiro atoms. The summed E-state index contributed by atoms with van der Waals surface area (Å²) in [6.45, 7) is 8.59. The minimum atomic E-state index is 0.0409. The van der Waals surface area contributed by atoms with Crippen LogP contribution < -0.4 is 0 Å². The summed E-state index contributed by atoms with van der Waals surface area (Å²) in [7, 11) is 2.21. The number of carbonyl (C=O) groups is 1. The fourth-order valence-electron chi connectivity index (χ4n) is 4.80. The maximum absolute atomic E-state index is 13.0. The fourth-order valence-corrected chi connectivity index (χ4v) is 4.80. The van der Waals surface area contributed by atoms with Gasteiger partial charge in [0.1, 0.15) is 11.5 Å². The molecule has 0 aliphatic carbocycles. The minimum absolute atomic E-state index is 0.0409. The molecule has 2 fully saturated rings. The van der Waals surface area contributed by atoms with E-state index < -0.39 is 0 Å². The molecule has 2 aliphatic rings. The predicted molar refractivity (Wildman–Crippen MR) is 101 cm³/mol. The van der Waals surface area contributed by atoms with Crippen LogP contribution in [0.3, 0.4) is 0 Å². The zero-order chi connectivity index (χ0) is 18.4. The van der Waals surface area contributed by atoms with Crippen molar-refractivity contribution in [3.8, 4) is 0 Å². The summed E-state index contributed by atoms with van der Waals surface area (Å²) in [4.78, 5) is 26.1. The molecule has 0 unspecified atom stereocenters. The number of hydrogen-bond acceptors (Lipinski definition) is 4. The van der Waals surface area contributed by atoms with Crippen LogP contribution in [-0.4, -0.2) is 52.4 Å². The van der Waals surface area contributed by atoms with Crippen LogP contribution in [0.25, 0.3) is 0 Å². The first kappa shape index (κ1) is 17.2. The average molecular weight is 350 g/mol. The first-order valence-corrected chi connectivity index (χ1v) is 9.31. The van der Waals surface area contributed by atoms with Crippen LogP contribution in [0.1, 0.15) is 39.2 Å². The molecule has 0 saturated carbocycles. The van der Waals surface area contributed by atoms with Crippen LogP contribution in [-0.2, 0) is 0 Å². The van der Waals surface area contributed by atoms with E-state index >= 15 is 0 Å². The summed E-state index contributed by atoms with van der Waals surface area (Å²) >= 11 is 0. The van der Waals surface area contributed by atoms with Crippen molar-refractivity contribution in [3.05, 3.63) is 58.7 Å². The van der Waals surface area contributed by atoms with E-state index in [0.717, 1.165) is 25.3 Å². The second-order valence-corrected chi connectivity index (χ2v) is 7.82. The van der Waals surface area contributed by atoms with Crippen molar-refractivity contribution in [1.82, 2.24) is 19.8 Å². The molecule has 0 bridgehead atoms. The molecule has 3 heterocycles. The normalized spacial score (nSPS) is 25.5. The van der Waals surface area contributed by atoms with Gasteiger partial charge in [0.2, 0.25) is 0 Å². The van der Waals surface area contributed by atoms with E-state index in [1.54, 1.807) is 6.07 Å². The number of hydrogen-bond donors (Lipinski definition) is 0. The summed E-state index contributed by atoms with van der Waals surface area (Å²) in [5.41, 5.74) is 4.09. The van der Waals surface area contributed by atoms with Crippen molar-refractivity contribution in [2.24, 2.45) is 11.8 Å². The van der Waals surface area contributed by atoms with Gasteiger partial charge in [-0.05, 0) is 50.9 Å². The molecule has 0 N–H and O–H groups in total. The summed E-state index contributed by atoms with van der Waals surface area (Å²) < 4.78 is 0. The van der Waals surface area contributed by atoms with Gasteiger partial charge < -0.3 is 4.90 Å². The average Bonchev–Trinajstić information content (AvgIpc) is 3.11. The molecule has 0 radical (unpaired) electrons. The number of fused-ring (bicyclic) bond motifs is 1. The molecule has 2 saturated heterocycles. The highest BCUT2D eigenvalue weighted by Crippen LogP contribution is 2.45. The number of likely N-dealkylation sites (tertiary alicyclic amines) is 2. The lowest BCUT2D eigenvalue weighted by Gasteiger charge is -2.28. The molecule has 5 nitrogen and oxygen atoms in total. The molecule has 26 heavy (non-hydrogen) atoms. The number of aryl methyl sites for hydroxylation is 3. The molecule has 136 valence electrons. The van der Waals surface area contributed by atoms with E-state index in [-0.39, 0.29) is 5.91 Å². The number of nitrogens with zero attached hydrogens (tertiary/aromatic N) is 4. The lowest BCUT2D eigenvalue weighted by atomic mass is 9.88. The number of aromatic nitrogens is 2. The Bertz CT molecular complexity index is 829. The van der Waals surface area contributed by atoms with Gasteiger partial charge in [-0.1, -0.05) is 24.3 Å². The van der Waals surface area contributed by atoms with Crippen molar-refractivity contribution in [2.75, 3.05) is 26.7 Å². The van der Waals surface area contributed by atoms with Gasteiger partial charge in [0.05, 0.1) is 0 Å². The maximum atomic E-state index is 13.0. The number of benzene rings is 1. The Morgan fingerprint density at radius 1 is 1.08 bits per heavy atom. The highest BCUT2D eigenvalue weighted by atomic mass is 16.2. The molecule has 2 aliphatic heterocycles. The molecular weight excluding hydrogens is 324 g/mol. The summed E-state index contributed by atoms with van der Waals surface area (Å²) in [6.07, 6.45) is 0. The van der Waals surface area contributed by atoms with Crippen LogP contribution in [0.2, 0.25) is 0 Å². The van der Waals surface area contributed by atoms with Crippen LogP contribution >= 0.6 is 0 Å². The highest BCUT2D eigenvalue weighted by Gasteiger charge is 2.47. The molecular formula is C21H26N4O. The Morgan fingerprint density at radius 2 is 1.85 bits per heavy atom. The quantitative estimate of drug-likeness (QED) is 0.836. The fraction of sp³-hybridized carbons (Fsp3) is 0.476. The molecule has 1 aromatic carbocycles. The lowest BCUT2D eigenvalue weighted by molar-refractivity contribution is 0.0761. The number of rotatable bonds is 2. The van der Waals surface area contributed by atoms with E-state index in [9.17, 15) is 4.79 Å². The van der Waals surface area contributed by atoms with Gasteiger partial charge in [-0.2, -0.15) is 0 Å². The third kappa shape index (κ3) is 2.90. The highest BCUT2D eigenvalue weighted by molar-refractivity contribution is 5.92. The lowest BCUT2D eigenvalue weighted by Crippen LogP contribution is -2.34. The van der Waals surface area contributed by atoms with Crippen LogP contribution in [0.5, 0.6) is 0 Å². The van der Waals surface area contributed by atoms with Gasteiger partial charge in [-0.15, -0.1) is 0 Å². The smallest absolute Gasteiger partial charge is 0.272 e. The van der Waals surface area contributed by atoms with Crippen molar-refractivity contribution in [1.29, 1.82) is 0 Å². The molecule has 1 amide bonds. The van der Waals surface area contributed by atoms with Crippen LogP contribution in [0.15, 0.2) is 30.3 Å². The summed E-state index contributed by atoms with van der Waals surface area (Å²) in [5, 5.41) is 0. The van der Waals surface area contributed by atoms with E-state index in [1.807, 2.05) is 18.7 Å². The maximum Gasteiger partial charge on any atom is 0.272 e. The van der Waals surface area contributed by atoms with Crippen molar-refractivity contribution in [3.63, 3.8) is 0 Å². The van der Waals surface area contributed by atoms with Gasteiger partial charge in [0.25, 0.3) is 5.91 Å². The first-order valence-electron chi connectivity index (χ1n) is 9.31. The Hall–Kier alpha value is -2.27. The summed E-state index contributed by atoms with van der Waals surface area (Å²) in [6, 6.07) is 10.8.